The Hall–Kier alpha value is -0.530. The number of halogens is 4. The molecule has 1 saturated heterocycles. The molecule has 108 valence electrons. The Labute approximate surface area is 110 Å². The van der Waals surface area contributed by atoms with Crippen molar-refractivity contribution in [2.75, 3.05) is 19.7 Å². The highest BCUT2D eigenvalue weighted by atomic mass is 35.5. The van der Waals surface area contributed by atoms with Crippen LogP contribution in [-0.4, -0.2) is 42.9 Å². The number of carbonyl (C=O) groups is 1. The maximum atomic E-state index is 11.7. The van der Waals surface area contributed by atoms with E-state index in [4.69, 9.17) is 5.73 Å². The number of hydrogen-bond acceptors (Lipinski definition) is 3. The molecule has 1 amide bonds. The van der Waals surface area contributed by atoms with Crippen molar-refractivity contribution in [3.05, 3.63) is 0 Å². The fourth-order valence-electron chi connectivity index (χ4n) is 2.04. The fraction of sp³-hybridized carbons (Fsp3) is 0.900. The zero-order valence-electron chi connectivity index (χ0n) is 9.91. The average Bonchev–Trinajstić information content (AvgIpc) is 2.23. The Bertz CT molecular complexity index is 264. The van der Waals surface area contributed by atoms with Crippen LogP contribution in [0.2, 0.25) is 0 Å². The summed E-state index contributed by atoms with van der Waals surface area (Å²) in [6, 6.07) is -0.338. The SMILES string of the molecule is Cl.NC(=O)C1CCCCN1CCCOC(F)(F)F. The van der Waals surface area contributed by atoms with E-state index in [0.717, 1.165) is 12.8 Å². The van der Waals surface area contributed by atoms with Crippen molar-refractivity contribution in [2.45, 2.75) is 38.1 Å². The van der Waals surface area contributed by atoms with E-state index < -0.39 is 12.3 Å². The van der Waals surface area contributed by atoms with Gasteiger partial charge in [-0.1, -0.05) is 6.42 Å². The van der Waals surface area contributed by atoms with Gasteiger partial charge in [-0.15, -0.1) is 25.6 Å². The highest BCUT2D eigenvalue weighted by Gasteiger charge is 2.29. The first-order valence-corrected chi connectivity index (χ1v) is 5.64. The molecular weight excluding hydrogens is 273 g/mol. The Morgan fingerprint density at radius 1 is 1.39 bits per heavy atom. The van der Waals surface area contributed by atoms with Crippen LogP contribution in [0.3, 0.4) is 0 Å². The van der Waals surface area contributed by atoms with Crippen molar-refractivity contribution in [2.24, 2.45) is 5.73 Å². The lowest BCUT2D eigenvalue weighted by molar-refractivity contribution is -0.324. The van der Waals surface area contributed by atoms with Gasteiger partial charge in [-0.3, -0.25) is 14.4 Å². The van der Waals surface area contributed by atoms with E-state index in [1.165, 1.54) is 0 Å². The van der Waals surface area contributed by atoms with Gasteiger partial charge in [0.15, 0.2) is 0 Å². The highest BCUT2D eigenvalue weighted by Crippen LogP contribution is 2.18. The van der Waals surface area contributed by atoms with E-state index in [-0.39, 0.29) is 31.5 Å². The number of nitrogens with two attached hydrogens (primary N) is 1. The first kappa shape index (κ1) is 17.5. The Morgan fingerprint density at radius 2 is 2.06 bits per heavy atom. The number of nitrogens with zero attached hydrogens (tertiary/aromatic N) is 1. The standard InChI is InChI=1S/C10H17F3N2O2.ClH/c11-10(12,13)17-7-3-6-15-5-2-1-4-8(15)9(14)16;/h8H,1-7H2,(H2,14,16);1H. The van der Waals surface area contributed by atoms with Crippen molar-refractivity contribution >= 4 is 18.3 Å². The number of rotatable bonds is 5. The maximum Gasteiger partial charge on any atom is 0.522 e. The summed E-state index contributed by atoms with van der Waals surface area (Å²) in [6.45, 7) is 0.731. The summed E-state index contributed by atoms with van der Waals surface area (Å²) in [5.74, 6) is -0.401. The minimum Gasteiger partial charge on any atom is -0.368 e. The van der Waals surface area contributed by atoms with Crippen molar-refractivity contribution < 1.29 is 22.7 Å². The molecular formula is C10H18ClF3N2O2. The monoisotopic (exact) mass is 290 g/mol. The molecule has 0 bridgehead atoms. The predicted octanol–water partition coefficient (Wildman–Crippen LogP) is 1.67. The molecule has 18 heavy (non-hydrogen) atoms. The topological polar surface area (TPSA) is 55.6 Å². The molecule has 0 spiro atoms. The lowest BCUT2D eigenvalue weighted by Crippen LogP contribution is -2.48. The molecule has 1 heterocycles. The van der Waals surface area contributed by atoms with Gasteiger partial charge in [0.1, 0.15) is 0 Å². The van der Waals surface area contributed by atoms with Crippen LogP contribution >= 0.6 is 12.4 Å². The Balaban J connectivity index is 0.00000289. The zero-order chi connectivity index (χ0) is 12.9. The van der Waals surface area contributed by atoms with E-state index in [0.29, 0.717) is 19.5 Å². The second-order valence-corrected chi connectivity index (χ2v) is 4.10. The van der Waals surface area contributed by atoms with Crippen molar-refractivity contribution in [1.82, 2.24) is 4.90 Å². The third-order valence-electron chi connectivity index (χ3n) is 2.80. The number of piperidine rings is 1. The number of alkyl halides is 3. The molecule has 2 N–H and O–H groups in total. The van der Waals surface area contributed by atoms with Crippen LogP contribution in [0.5, 0.6) is 0 Å². The fourth-order valence-corrected chi connectivity index (χ4v) is 2.04. The van der Waals surface area contributed by atoms with Crippen LogP contribution in [0.1, 0.15) is 25.7 Å². The molecule has 1 atom stereocenters. The highest BCUT2D eigenvalue weighted by molar-refractivity contribution is 5.85. The van der Waals surface area contributed by atoms with Gasteiger partial charge >= 0.3 is 6.36 Å². The van der Waals surface area contributed by atoms with E-state index in [1.54, 1.807) is 0 Å². The maximum absolute atomic E-state index is 11.7. The summed E-state index contributed by atoms with van der Waals surface area (Å²) in [5.41, 5.74) is 5.24. The van der Waals surface area contributed by atoms with Crippen LogP contribution in [0.4, 0.5) is 13.2 Å². The molecule has 0 saturated carbocycles. The number of carbonyl (C=O) groups excluding carboxylic acids is 1. The van der Waals surface area contributed by atoms with Gasteiger partial charge in [0.05, 0.1) is 12.6 Å². The lowest BCUT2D eigenvalue weighted by Gasteiger charge is -2.33. The van der Waals surface area contributed by atoms with Gasteiger partial charge in [-0.05, 0) is 25.8 Å². The molecule has 1 rings (SSSR count). The zero-order valence-corrected chi connectivity index (χ0v) is 10.7. The molecule has 0 aliphatic carbocycles. The van der Waals surface area contributed by atoms with Gasteiger partial charge in [0, 0.05) is 6.54 Å². The quantitative estimate of drug-likeness (QED) is 0.784. The van der Waals surface area contributed by atoms with E-state index in [2.05, 4.69) is 4.74 Å². The second-order valence-electron chi connectivity index (χ2n) is 4.10. The van der Waals surface area contributed by atoms with Gasteiger partial charge in [0.25, 0.3) is 0 Å². The van der Waals surface area contributed by atoms with Gasteiger partial charge in [-0.2, -0.15) is 0 Å². The van der Waals surface area contributed by atoms with Crippen LogP contribution in [0, 0.1) is 0 Å². The van der Waals surface area contributed by atoms with Crippen LogP contribution in [-0.2, 0) is 9.53 Å². The van der Waals surface area contributed by atoms with E-state index >= 15 is 0 Å². The van der Waals surface area contributed by atoms with E-state index in [1.807, 2.05) is 4.90 Å². The van der Waals surface area contributed by atoms with Crippen molar-refractivity contribution in [1.29, 1.82) is 0 Å². The summed E-state index contributed by atoms with van der Waals surface area (Å²) in [7, 11) is 0. The Kier molecular flexibility index (Phi) is 7.58. The molecule has 1 aliphatic rings. The average molecular weight is 291 g/mol. The first-order valence-electron chi connectivity index (χ1n) is 5.64. The number of ether oxygens (including phenoxy) is 1. The third kappa shape index (κ3) is 6.42. The molecule has 0 radical (unpaired) electrons. The molecule has 0 aromatic heterocycles. The summed E-state index contributed by atoms with van der Waals surface area (Å²) in [5, 5.41) is 0. The first-order chi connectivity index (χ1) is 7.90. The summed E-state index contributed by atoms with van der Waals surface area (Å²) in [6.07, 6.45) is -1.77. The Morgan fingerprint density at radius 3 is 2.61 bits per heavy atom. The van der Waals surface area contributed by atoms with Gasteiger partial charge in [0.2, 0.25) is 5.91 Å². The van der Waals surface area contributed by atoms with Crippen LogP contribution < -0.4 is 5.73 Å². The number of likely N-dealkylation sites (tertiary alicyclic amines) is 1. The molecule has 0 aromatic rings. The molecule has 8 heteroatoms. The molecule has 1 aliphatic heterocycles. The third-order valence-corrected chi connectivity index (χ3v) is 2.80. The van der Waals surface area contributed by atoms with Crippen molar-refractivity contribution in [3.8, 4) is 0 Å². The smallest absolute Gasteiger partial charge is 0.368 e. The van der Waals surface area contributed by atoms with Gasteiger partial charge in [-0.25, -0.2) is 0 Å². The minimum absolute atomic E-state index is 0. The molecule has 0 aromatic carbocycles. The van der Waals surface area contributed by atoms with E-state index in [9.17, 15) is 18.0 Å². The molecule has 1 unspecified atom stereocenters. The normalized spacial score (nSPS) is 21.4. The molecule has 4 nitrogen and oxygen atoms in total. The summed E-state index contributed by atoms with van der Waals surface area (Å²) < 4.78 is 38.8. The predicted molar refractivity (Wildman–Crippen MR) is 62.3 cm³/mol. The number of amides is 1. The number of hydrogen-bond donors (Lipinski definition) is 1. The van der Waals surface area contributed by atoms with Crippen molar-refractivity contribution in [3.63, 3.8) is 0 Å². The molecule has 1 fully saturated rings. The second kappa shape index (κ2) is 7.81. The largest absolute Gasteiger partial charge is 0.522 e. The number of primary amides is 1. The lowest BCUT2D eigenvalue weighted by atomic mass is 10.0. The van der Waals surface area contributed by atoms with Crippen LogP contribution in [0.25, 0.3) is 0 Å². The van der Waals surface area contributed by atoms with Crippen LogP contribution in [0.15, 0.2) is 0 Å². The van der Waals surface area contributed by atoms with Gasteiger partial charge < -0.3 is 5.73 Å². The summed E-state index contributed by atoms with van der Waals surface area (Å²) >= 11 is 0. The summed E-state index contributed by atoms with van der Waals surface area (Å²) in [4.78, 5) is 13.0. The minimum atomic E-state index is -4.58.